The van der Waals surface area contributed by atoms with E-state index >= 15 is 0 Å². The number of esters is 1. The van der Waals surface area contributed by atoms with Crippen LogP contribution in [0, 0.1) is 5.82 Å². The predicted molar refractivity (Wildman–Crippen MR) is 126 cm³/mol. The van der Waals surface area contributed by atoms with Crippen LogP contribution < -0.4 is 9.62 Å². The van der Waals surface area contributed by atoms with Crippen molar-refractivity contribution < 1.29 is 27.1 Å². The number of aryl methyl sites for hydroxylation is 1. The van der Waals surface area contributed by atoms with Crippen molar-refractivity contribution in [2.24, 2.45) is 0 Å². The lowest BCUT2D eigenvalue weighted by atomic mass is 9.95. The van der Waals surface area contributed by atoms with Crippen LogP contribution in [-0.2, 0) is 32.4 Å². The second kappa shape index (κ2) is 9.62. The number of benzene rings is 1. The average molecular weight is 509 g/mol. The molecule has 174 valence electrons. The van der Waals surface area contributed by atoms with Crippen LogP contribution in [0.5, 0.6) is 0 Å². The van der Waals surface area contributed by atoms with Crippen molar-refractivity contribution >= 4 is 55.3 Å². The third-order valence-electron chi connectivity index (χ3n) is 5.26. The van der Waals surface area contributed by atoms with Gasteiger partial charge in [-0.15, -0.1) is 22.7 Å². The zero-order valence-corrected chi connectivity index (χ0v) is 20.1. The zero-order chi connectivity index (χ0) is 23.6. The Morgan fingerprint density at radius 3 is 2.61 bits per heavy atom. The van der Waals surface area contributed by atoms with Gasteiger partial charge >= 0.3 is 5.97 Å². The van der Waals surface area contributed by atoms with E-state index in [4.69, 9.17) is 4.74 Å². The van der Waals surface area contributed by atoms with E-state index < -0.39 is 34.3 Å². The Labute approximate surface area is 198 Å². The third-order valence-corrected chi connectivity index (χ3v) is 9.60. The fraction of sp³-hybridized carbons (Fsp3) is 0.273. The van der Waals surface area contributed by atoms with Crippen LogP contribution >= 0.6 is 22.7 Å². The first kappa shape index (κ1) is 23.4. The van der Waals surface area contributed by atoms with Crippen LogP contribution in [0.2, 0.25) is 0 Å². The van der Waals surface area contributed by atoms with Crippen LogP contribution in [0.4, 0.5) is 15.1 Å². The van der Waals surface area contributed by atoms with E-state index in [9.17, 15) is 22.4 Å². The molecular weight excluding hydrogens is 487 g/mol. The molecule has 7 nitrogen and oxygen atoms in total. The van der Waals surface area contributed by atoms with Crippen molar-refractivity contribution in [3.8, 4) is 0 Å². The molecule has 2 heterocycles. The smallest absolute Gasteiger partial charge is 0.341 e. The molecule has 1 aliphatic rings. The van der Waals surface area contributed by atoms with Crippen molar-refractivity contribution in [3.63, 3.8) is 0 Å². The van der Waals surface area contributed by atoms with E-state index in [1.807, 2.05) is 0 Å². The summed E-state index contributed by atoms with van der Waals surface area (Å²) in [5, 5.41) is 4.58. The number of anilines is 2. The molecule has 3 aromatic rings. The standard InChI is InChI=1S/C22H21FN2O5S3/c1-30-22(27)20-14-7-2-5-10-17(14)32-21(20)24-18(26)13-25(16-9-4-3-8-15(16)23)33(28,29)19-11-6-12-31-19/h3-4,6,8-9,11-12H,2,5,7,10,13H2,1H3,(H,24,26). The number of para-hydroxylation sites is 1. The Bertz CT molecular complexity index is 1290. The van der Waals surface area contributed by atoms with E-state index in [-0.39, 0.29) is 9.90 Å². The van der Waals surface area contributed by atoms with E-state index in [1.165, 1.54) is 42.7 Å². The minimum Gasteiger partial charge on any atom is -0.465 e. The van der Waals surface area contributed by atoms with Crippen LogP contribution in [-0.4, -0.2) is 33.9 Å². The van der Waals surface area contributed by atoms with Gasteiger partial charge in [-0.3, -0.25) is 9.10 Å². The number of carbonyl (C=O) groups excluding carboxylic acids is 2. The zero-order valence-electron chi connectivity index (χ0n) is 17.7. The predicted octanol–water partition coefficient (Wildman–Crippen LogP) is 4.45. The molecule has 2 aromatic heterocycles. The van der Waals surface area contributed by atoms with E-state index in [2.05, 4.69) is 5.32 Å². The van der Waals surface area contributed by atoms with Crippen molar-refractivity contribution in [3.05, 3.63) is 63.6 Å². The molecule has 0 unspecified atom stereocenters. The van der Waals surface area contributed by atoms with Gasteiger partial charge in [0.1, 0.15) is 21.6 Å². The molecule has 0 fully saturated rings. The Balaban J connectivity index is 1.67. The number of nitrogens with zero attached hydrogens (tertiary/aromatic N) is 1. The molecular formula is C22H21FN2O5S3. The SMILES string of the molecule is COC(=O)c1c(NC(=O)CN(c2ccccc2F)S(=O)(=O)c2cccs2)sc2c1CCCC2. The Kier molecular flexibility index (Phi) is 6.82. The molecule has 0 spiro atoms. The first-order chi connectivity index (χ1) is 15.8. The maximum atomic E-state index is 14.6. The number of hydrogen-bond donors (Lipinski definition) is 1. The summed E-state index contributed by atoms with van der Waals surface area (Å²) in [6.45, 7) is -0.662. The van der Waals surface area contributed by atoms with Gasteiger partial charge in [0.25, 0.3) is 10.0 Å². The van der Waals surface area contributed by atoms with Gasteiger partial charge in [-0.05, 0) is 54.8 Å². The number of rotatable bonds is 7. The molecule has 1 aromatic carbocycles. The molecule has 1 N–H and O–H groups in total. The minimum atomic E-state index is -4.19. The number of nitrogens with one attached hydrogen (secondary N) is 1. The monoisotopic (exact) mass is 508 g/mol. The number of ether oxygens (including phenoxy) is 1. The summed E-state index contributed by atoms with van der Waals surface area (Å²) in [7, 11) is -2.92. The summed E-state index contributed by atoms with van der Waals surface area (Å²) in [4.78, 5) is 26.5. The number of amides is 1. The maximum absolute atomic E-state index is 14.6. The number of carbonyl (C=O) groups is 2. The van der Waals surface area contributed by atoms with Crippen molar-refractivity contribution in [1.82, 2.24) is 0 Å². The second-order valence-electron chi connectivity index (χ2n) is 7.35. The number of methoxy groups -OCH3 is 1. The third kappa shape index (κ3) is 4.66. The van der Waals surface area contributed by atoms with Crippen molar-refractivity contribution in [2.75, 3.05) is 23.3 Å². The van der Waals surface area contributed by atoms with E-state index in [1.54, 1.807) is 11.4 Å². The summed E-state index contributed by atoms with van der Waals surface area (Å²) in [5.41, 5.74) is 0.939. The van der Waals surface area contributed by atoms with Gasteiger partial charge in [-0.2, -0.15) is 0 Å². The highest BCUT2D eigenvalue weighted by atomic mass is 32.2. The van der Waals surface area contributed by atoms with Crippen LogP contribution in [0.25, 0.3) is 0 Å². The molecule has 0 radical (unpaired) electrons. The number of sulfonamides is 1. The highest BCUT2D eigenvalue weighted by molar-refractivity contribution is 7.94. The molecule has 0 saturated carbocycles. The van der Waals surface area contributed by atoms with Gasteiger partial charge in [-0.1, -0.05) is 18.2 Å². The highest BCUT2D eigenvalue weighted by Gasteiger charge is 2.32. The lowest BCUT2D eigenvalue weighted by Crippen LogP contribution is -2.38. The summed E-state index contributed by atoms with van der Waals surface area (Å²) < 4.78 is 46.7. The average Bonchev–Trinajstić information content (AvgIpc) is 3.46. The largest absolute Gasteiger partial charge is 0.465 e. The fourth-order valence-electron chi connectivity index (χ4n) is 3.74. The summed E-state index contributed by atoms with van der Waals surface area (Å²) >= 11 is 2.27. The number of fused-ring (bicyclic) bond motifs is 1. The number of thiophene rings is 2. The quantitative estimate of drug-likeness (QED) is 0.476. The van der Waals surface area contributed by atoms with E-state index in [0.29, 0.717) is 17.0 Å². The van der Waals surface area contributed by atoms with Crippen LogP contribution in [0.15, 0.2) is 46.0 Å². The first-order valence-corrected chi connectivity index (χ1v) is 13.3. The minimum absolute atomic E-state index is 0.0135. The summed E-state index contributed by atoms with van der Waals surface area (Å²) in [5.74, 6) is -2.02. The summed E-state index contributed by atoms with van der Waals surface area (Å²) in [6.07, 6.45) is 3.43. The maximum Gasteiger partial charge on any atom is 0.341 e. The van der Waals surface area contributed by atoms with Gasteiger partial charge in [0.15, 0.2) is 0 Å². The molecule has 1 aliphatic carbocycles. The Morgan fingerprint density at radius 1 is 1.15 bits per heavy atom. The van der Waals surface area contributed by atoms with Crippen molar-refractivity contribution in [2.45, 2.75) is 29.9 Å². The number of hydrogen-bond acceptors (Lipinski definition) is 7. The van der Waals surface area contributed by atoms with Gasteiger partial charge in [0.05, 0.1) is 18.4 Å². The molecule has 1 amide bonds. The lowest BCUT2D eigenvalue weighted by molar-refractivity contribution is -0.114. The second-order valence-corrected chi connectivity index (χ2v) is 11.5. The van der Waals surface area contributed by atoms with Gasteiger partial charge < -0.3 is 10.1 Å². The molecule has 4 rings (SSSR count). The first-order valence-electron chi connectivity index (χ1n) is 10.2. The Hall–Kier alpha value is -2.76. The molecule has 0 aliphatic heterocycles. The Morgan fingerprint density at radius 2 is 1.91 bits per heavy atom. The molecule has 0 atom stereocenters. The van der Waals surface area contributed by atoms with Crippen LogP contribution in [0.1, 0.15) is 33.6 Å². The van der Waals surface area contributed by atoms with E-state index in [0.717, 1.165) is 51.4 Å². The fourth-order valence-corrected chi connectivity index (χ4v) is 7.57. The highest BCUT2D eigenvalue weighted by Crippen LogP contribution is 2.38. The summed E-state index contributed by atoms with van der Waals surface area (Å²) in [6, 6.07) is 8.33. The molecule has 33 heavy (non-hydrogen) atoms. The van der Waals surface area contributed by atoms with Gasteiger partial charge in [0, 0.05) is 4.88 Å². The molecule has 0 saturated heterocycles. The number of halogens is 1. The van der Waals surface area contributed by atoms with Crippen molar-refractivity contribution in [1.29, 1.82) is 0 Å². The normalized spacial score (nSPS) is 13.3. The van der Waals surface area contributed by atoms with Crippen LogP contribution in [0.3, 0.4) is 0 Å². The van der Waals surface area contributed by atoms with Gasteiger partial charge in [0.2, 0.25) is 5.91 Å². The topological polar surface area (TPSA) is 92.8 Å². The van der Waals surface area contributed by atoms with Gasteiger partial charge in [-0.25, -0.2) is 17.6 Å². The molecule has 0 bridgehead atoms. The molecule has 11 heteroatoms. The lowest BCUT2D eigenvalue weighted by Gasteiger charge is -2.23.